The molecule has 1 aliphatic rings. The highest BCUT2D eigenvalue weighted by Gasteiger charge is 2.60. The van der Waals surface area contributed by atoms with Gasteiger partial charge in [-0.3, -0.25) is 4.79 Å². The summed E-state index contributed by atoms with van der Waals surface area (Å²) in [5, 5.41) is 9.15. The van der Waals surface area contributed by atoms with Crippen LogP contribution in [0, 0.1) is 17.3 Å². The van der Waals surface area contributed by atoms with Crippen molar-refractivity contribution in [2.24, 2.45) is 17.3 Å². The fraction of sp³-hybridized carbons (Fsp3) is 0.400. The first-order valence-corrected chi connectivity index (χ1v) is 6.91. The molecule has 1 N–H and O–H groups in total. The van der Waals surface area contributed by atoms with E-state index >= 15 is 0 Å². The average Bonchev–Trinajstić information content (AvgIpc) is 2.91. The molecule has 0 aromatic heterocycles. The topological polar surface area (TPSA) is 46.5 Å². The molecule has 0 bridgehead atoms. The standard InChI is InChI=1S/C15H17BrO3/c1-15(2)11(13(15)14(17)18)8-12(16)9-4-6-10(19-3)7-5-9/h4-8,11,13H,1-3H3,(H,17,18)/b12-8-. The van der Waals surface area contributed by atoms with E-state index in [-0.39, 0.29) is 17.3 Å². The van der Waals surface area contributed by atoms with E-state index in [1.807, 2.05) is 44.2 Å². The quantitative estimate of drug-likeness (QED) is 0.916. The molecule has 4 heteroatoms. The van der Waals surface area contributed by atoms with Crippen molar-refractivity contribution in [3.05, 3.63) is 35.9 Å². The van der Waals surface area contributed by atoms with Crippen molar-refractivity contribution in [1.29, 1.82) is 0 Å². The van der Waals surface area contributed by atoms with Gasteiger partial charge in [0.15, 0.2) is 0 Å². The van der Waals surface area contributed by atoms with Gasteiger partial charge in [0.05, 0.1) is 13.0 Å². The summed E-state index contributed by atoms with van der Waals surface area (Å²) >= 11 is 3.53. The molecule has 102 valence electrons. The van der Waals surface area contributed by atoms with Crippen LogP contribution in [0.25, 0.3) is 4.48 Å². The van der Waals surface area contributed by atoms with Crippen LogP contribution in [0.4, 0.5) is 0 Å². The summed E-state index contributed by atoms with van der Waals surface area (Å²) in [6.07, 6.45) is 2.00. The van der Waals surface area contributed by atoms with Gasteiger partial charge in [-0.2, -0.15) is 0 Å². The van der Waals surface area contributed by atoms with Crippen LogP contribution in [0.1, 0.15) is 19.4 Å². The Kier molecular flexibility index (Phi) is 3.72. The molecular formula is C15H17BrO3. The molecule has 1 saturated carbocycles. The molecule has 2 rings (SSSR count). The largest absolute Gasteiger partial charge is 0.497 e. The monoisotopic (exact) mass is 324 g/mol. The molecule has 0 amide bonds. The van der Waals surface area contributed by atoms with E-state index < -0.39 is 5.97 Å². The number of carboxylic acid groups (broad SMARTS) is 1. The van der Waals surface area contributed by atoms with E-state index in [1.165, 1.54) is 0 Å². The smallest absolute Gasteiger partial charge is 0.307 e. The molecular weight excluding hydrogens is 308 g/mol. The average molecular weight is 325 g/mol. The van der Waals surface area contributed by atoms with Crippen LogP contribution in [0.3, 0.4) is 0 Å². The lowest BCUT2D eigenvalue weighted by Crippen LogP contribution is -2.02. The predicted octanol–water partition coefficient (Wildman–Crippen LogP) is 3.79. The van der Waals surface area contributed by atoms with E-state index in [2.05, 4.69) is 15.9 Å². The SMILES string of the molecule is COc1ccc(/C(Br)=C/C2C(C(=O)O)C2(C)C)cc1. The molecule has 0 aliphatic heterocycles. The number of ether oxygens (including phenoxy) is 1. The Bertz CT molecular complexity index is 517. The van der Waals surface area contributed by atoms with Crippen LogP contribution in [0.2, 0.25) is 0 Å². The number of rotatable bonds is 4. The number of carbonyl (C=O) groups is 1. The first-order chi connectivity index (χ1) is 8.87. The van der Waals surface area contributed by atoms with Gasteiger partial charge in [0.25, 0.3) is 0 Å². The molecule has 0 heterocycles. The minimum Gasteiger partial charge on any atom is -0.497 e. The Hall–Kier alpha value is -1.29. The molecule has 0 saturated heterocycles. The molecule has 0 radical (unpaired) electrons. The van der Waals surface area contributed by atoms with Crippen LogP contribution in [-0.2, 0) is 4.79 Å². The van der Waals surface area contributed by atoms with Gasteiger partial charge < -0.3 is 9.84 Å². The first-order valence-electron chi connectivity index (χ1n) is 6.12. The predicted molar refractivity (Wildman–Crippen MR) is 78.3 cm³/mol. The molecule has 3 nitrogen and oxygen atoms in total. The highest BCUT2D eigenvalue weighted by Crippen LogP contribution is 2.60. The fourth-order valence-corrected chi connectivity index (χ4v) is 3.01. The van der Waals surface area contributed by atoms with Crippen LogP contribution in [0.5, 0.6) is 5.75 Å². The van der Waals surface area contributed by atoms with Crippen molar-refractivity contribution < 1.29 is 14.6 Å². The number of benzene rings is 1. The van der Waals surface area contributed by atoms with Gasteiger partial charge in [-0.05, 0) is 29.0 Å². The van der Waals surface area contributed by atoms with E-state index in [9.17, 15) is 4.79 Å². The molecule has 0 spiro atoms. The van der Waals surface area contributed by atoms with Crippen LogP contribution in [-0.4, -0.2) is 18.2 Å². The first kappa shape index (κ1) is 14.1. The Morgan fingerprint density at radius 3 is 2.37 bits per heavy atom. The second-order valence-corrected chi connectivity index (χ2v) is 6.26. The van der Waals surface area contributed by atoms with Crippen LogP contribution in [0.15, 0.2) is 30.3 Å². The van der Waals surface area contributed by atoms with Crippen molar-refractivity contribution >= 4 is 26.4 Å². The van der Waals surface area contributed by atoms with Gasteiger partial charge in [-0.15, -0.1) is 0 Å². The van der Waals surface area contributed by atoms with Gasteiger partial charge in [0.2, 0.25) is 0 Å². The van der Waals surface area contributed by atoms with Crippen LogP contribution >= 0.6 is 15.9 Å². The maximum absolute atomic E-state index is 11.1. The van der Waals surface area contributed by atoms with Gasteiger partial charge in [-0.1, -0.05) is 48.0 Å². The lowest BCUT2D eigenvalue weighted by molar-refractivity contribution is -0.139. The van der Waals surface area contributed by atoms with Gasteiger partial charge in [0, 0.05) is 4.48 Å². The third kappa shape index (κ3) is 2.68. The molecule has 1 aromatic carbocycles. The summed E-state index contributed by atoms with van der Waals surface area (Å²) in [6.45, 7) is 3.97. The zero-order chi connectivity index (χ0) is 14.2. The number of hydrogen-bond donors (Lipinski definition) is 1. The number of allylic oxidation sites excluding steroid dienone is 1. The third-order valence-corrected chi connectivity index (χ3v) is 4.59. The van der Waals surface area contributed by atoms with E-state index in [0.717, 1.165) is 15.8 Å². The number of hydrogen-bond acceptors (Lipinski definition) is 2. The molecule has 1 aliphatic carbocycles. The summed E-state index contributed by atoms with van der Waals surface area (Å²) in [7, 11) is 1.63. The zero-order valence-electron chi connectivity index (χ0n) is 11.2. The maximum Gasteiger partial charge on any atom is 0.307 e. The lowest BCUT2D eigenvalue weighted by atomic mass is 10.1. The number of carboxylic acids is 1. The van der Waals surface area contributed by atoms with E-state index in [0.29, 0.717) is 0 Å². The molecule has 2 unspecified atom stereocenters. The maximum atomic E-state index is 11.1. The normalized spacial score (nSPS) is 24.9. The molecule has 1 aromatic rings. The number of aliphatic carboxylic acids is 1. The summed E-state index contributed by atoms with van der Waals surface area (Å²) in [4.78, 5) is 11.1. The zero-order valence-corrected chi connectivity index (χ0v) is 12.8. The Morgan fingerprint density at radius 2 is 1.95 bits per heavy atom. The van der Waals surface area contributed by atoms with Crippen molar-refractivity contribution in [3.8, 4) is 5.75 Å². The second-order valence-electron chi connectivity index (χ2n) is 5.41. The highest BCUT2D eigenvalue weighted by atomic mass is 79.9. The number of halogens is 1. The fourth-order valence-electron chi connectivity index (χ4n) is 2.46. The Balaban J connectivity index is 2.17. The van der Waals surface area contributed by atoms with Gasteiger partial charge >= 0.3 is 5.97 Å². The molecule has 2 atom stereocenters. The molecule has 19 heavy (non-hydrogen) atoms. The molecule has 1 fully saturated rings. The summed E-state index contributed by atoms with van der Waals surface area (Å²) in [5.41, 5.74) is 0.852. The van der Waals surface area contributed by atoms with Crippen molar-refractivity contribution in [2.45, 2.75) is 13.8 Å². The van der Waals surface area contributed by atoms with Gasteiger partial charge in [0.1, 0.15) is 5.75 Å². The number of methoxy groups -OCH3 is 1. The van der Waals surface area contributed by atoms with E-state index in [1.54, 1.807) is 7.11 Å². The van der Waals surface area contributed by atoms with Crippen molar-refractivity contribution in [1.82, 2.24) is 0 Å². The van der Waals surface area contributed by atoms with Crippen LogP contribution < -0.4 is 4.74 Å². The minimum absolute atomic E-state index is 0.0708. The Morgan fingerprint density at radius 1 is 1.37 bits per heavy atom. The lowest BCUT2D eigenvalue weighted by Gasteiger charge is -2.03. The minimum atomic E-state index is -0.721. The second kappa shape index (κ2) is 5.00. The van der Waals surface area contributed by atoms with Crippen molar-refractivity contribution in [3.63, 3.8) is 0 Å². The Labute approximate surface area is 121 Å². The van der Waals surface area contributed by atoms with Gasteiger partial charge in [-0.25, -0.2) is 0 Å². The third-order valence-electron chi connectivity index (χ3n) is 3.87. The highest BCUT2D eigenvalue weighted by molar-refractivity contribution is 9.15. The summed E-state index contributed by atoms with van der Waals surface area (Å²) < 4.78 is 6.04. The van der Waals surface area contributed by atoms with E-state index in [4.69, 9.17) is 9.84 Å². The van der Waals surface area contributed by atoms with Crippen molar-refractivity contribution in [2.75, 3.05) is 7.11 Å². The summed E-state index contributed by atoms with van der Waals surface area (Å²) in [6, 6.07) is 7.67. The summed E-state index contributed by atoms with van der Waals surface area (Å²) in [5.74, 6) is -0.139.